The highest BCUT2D eigenvalue weighted by Crippen LogP contribution is 2.37. The lowest BCUT2D eigenvalue weighted by molar-refractivity contribution is -0.119. The first kappa shape index (κ1) is 33.1. The molecule has 0 aliphatic rings. The Balaban J connectivity index is 1.54. The Kier molecular flexibility index (Phi) is 11.1. The van der Waals surface area contributed by atoms with Crippen LogP contribution in [-0.2, 0) is 21.4 Å². The zero-order valence-electron chi connectivity index (χ0n) is 23.9. The van der Waals surface area contributed by atoms with E-state index in [0.717, 1.165) is 15.4 Å². The summed E-state index contributed by atoms with van der Waals surface area (Å²) in [6.07, 6.45) is 1.39. The van der Waals surface area contributed by atoms with Crippen molar-refractivity contribution in [1.82, 2.24) is 5.43 Å². The van der Waals surface area contributed by atoms with E-state index in [1.165, 1.54) is 44.7 Å². The molecule has 0 unspecified atom stereocenters. The van der Waals surface area contributed by atoms with E-state index in [1.807, 2.05) is 25.1 Å². The Labute approximate surface area is 274 Å². The highest BCUT2D eigenvalue weighted by Gasteiger charge is 2.29. The number of aryl methyl sites for hydroxylation is 1. The van der Waals surface area contributed by atoms with Crippen LogP contribution in [0.25, 0.3) is 0 Å². The number of carbonyl (C=O) groups excluding carboxylic acids is 1. The number of carbonyl (C=O) groups is 1. The minimum Gasteiger partial charge on any atom is -0.495 e. The van der Waals surface area contributed by atoms with Crippen LogP contribution in [0.4, 0.5) is 5.69 Å². The molecule has 0 aliphatic heterocycles. The van der Waals surface area contributed by atoms with Crippen molar-refractivity contribution >= 4 is 67.0 Å². The number of halogens is 3. The first-order chi connectivity index (χ1) is 21.0. The average molecular weight is 721 g/mol. The van der Waals surface area contributed by atoms with Crippen LogP contribution in [-0.4, -0.2) is 41.3 Å². The number of hydrogen-bond acceptors (Lipinski definition) is 7. The maximum absolute atomic E-state index is 13.7. The van der Waals surface area contributed by atoms with Crippen LogP contribution in [0.5, 0.6) is 17.2 Å². The smallest absolute Gasteiger partial charge is 0.264 e. The normalized spacial score (nSPS) is 11.3. The number of hydrazone groups is 1. The van der Waals surface area contributed by atoms with Crippen molar-refractivity contribution in [2.45, 2.75) is 18.4 Å². The Morgan fingerprint density at radius 3 is 2.36 bits per heavy atom. The number of nitrogens with one attached hydrogen (secondary N) is 1. The van der Waals surface area contributed by atoms with Gasteiger partial charge in [0.15, 0.2) is 11.5 Å². The Morgan fingerprint density at radius 2 is 1.68 bits per heavy atom. The van der Waals surface area contributed by atoms with Gasteiger partial charge < -0.3 is 14.2 Å². The first-order valence-electron chi connectivity index (χ1n) is 13.0. The predicted molar refractivity (Wildman–Crippen MR) is 176 cm³/mol. The summed E-state index contributed by atoms with van der Waals surface area (Å²) in [5, 5.41) is 4.88. The number of anilines is 1. The molecule has 0 aliphatic carbocycles. The topological polar surface area (TPSA) is 107 Å². The van der Waals surface area contributed by atoms with Crippen molar-refractivity contribution < 1.29 is 27.4 Å². The molecule has 0 radical (unpaired) electrons. The van der Waals surface area contributed by atoms with Gasteiger partial charge in [-0.05, 0) is 76.9 Å². The maximum atomic E-state index is 13.7. The molecule has 9 nitrogen and oxygen atoms in total. The summed E-state index contributed by atoms with van der Waals surface area (Å²) in [7, 11) is -1.31. The molecule has 4 aromatic rings. The molecule has 0 saturated heterocycles. The van der Waals surface area contributed by atoms with Gasteiger partial charge in [-0.1, -0.05) is 59.1 Å². The molecule has 0 atom stereocenters. The summed E-state index contributed by atoms with van der Waals surface area (Å²) in [5.74, 6) is 0.392. The van der Waals surface area contributed by atoms with Crippen LogP contribution in [0.2, 0.25) is 10.0 Å². The van der Waals surface area contributed by atoms with E-state index < -0.39 is 22.5 Å². The molecule has 4 aromatic carbocycles. The van der Waals surface area contributed by atoms with Crippen LogP contribution in [0.3, 0.4) is 0 Å². The minimum absolute atomic E-state index is 0.00443. The van der Waals surface area contributed by atoms with Crippen molar-refractivity contribution in [3.63, 3.8) is 0 Å². The Morgan fingerprint density at radius 1 is 0.977 bits per heavy atom. The molecule has 0 spiro atoms. The van der Waals surface area contributed by atoms with E-state index in [1.54, 1.807) is 36.4 Å². The van der Waals surface area contributed by atoms with E-state index in [4.69, 9.17) is 37.4 Å². The molecular formula is C31H28BrCl2N3O6S. The number of nitrogens with zero attached hydrogens (tertiary/aromatic N) is 2. The largest absolute Gasteiger partial charge is 0.495 e. The number of methoxy groups -OCH3 is 2. The molecular weight excluding hydrogens is 693 g/mol. The number of ether oxygens (including phenoxy) is 3. The second-order valence-corrected chi connectivity index (χ2v) is 12.9. The van der Waals surface area contributed by atoms with Crippen molar-refractivity contribution in [3.05, 3.63) is 110 Å². The quantitative estimate of drug-likeness (QED) is 0.125. The highest BCUT2D eigenvalue weighted by molar-refractivity contribution is 9.10. The van der Waals surface area contributed by atoms with Crippen molar-refractivity contribution in [1.29, 1.82) is 0 Å². The van der Waals surface area contributed by atoms with Gasteiger partial charge >= 0.3 is 0 Å². The molecule has 13 heteroatoms. The minimum atomic E-state index is -4.20. The van der Waals surface area contributed by atoms with Gasteiger partial charge in [-0.2, -0.15) is 5.10 Å². The van der Waals surface area contributed by atoms with E-state index >= 15 is 0 Å². The molecule has 230 valence electrons. The summed E-state index contributed by atoms with van der Waals surface area (Å²) in [5.41, 5.74) is 4.75. The monoisotopic (exact) mass is 719 g/mol. The Hall–Kier alpha value is -3.77. The fraction of sp³-hybridized carbons (Fsp3) is 0.161. The molecule has 0 fully saturated rings. The van der Waals surface area contributed by atoms with Crippen LogP contribution in [0, 0.1) is 6.92 Å². The number of benzene rings is 4. The SMILES string of the molecule is COc1ccc(Cl)cc1N(CC(=O)N/N=C\c1cc(Br)c(OCc2ccccc2Cl)c(OC)c1)S(=O)(=O)c1ccc(C)cc1. The lowest BCUT2D eigenvalue weighted by atomic mass is 10.2. The zero-order valence-corrected chi connectivity index (χ0v) is 27.8. The van der Waals surface area contributed by atoms with E-state index in [-0.39, 0.29) is 28.0 Å². The van der Waals surface area contributed by atoms with Crippen LogP contribution in [0.15, 0.2) is 93.3 Å². The number of hydrogen-bond donors (Lipinski definition) is 1. The second kappa shape index (κ2) is 14.8. The Bertz CT molecular complexity index is 1790. The zero-order chi connectivity index (χ0) is 31.9. The van der Waals surface area contributed by atoms with Gasteiger partial charge in [-0.15, -0.1) is 0 Å². The number of amides is 1. The lowest BCUT2D eigenvalue weighted by Gasteiger charge is -2.25. The van der Waals surface area contributed by atoms with Crippen molar-refractivity contribution in [3.8, 4) is 17.2 Å². The molecule has 0 aromatic heterocycles. The van der Waals surface area contributed by atoms with E-state index in [0.29, 0.717) is 26.6 Å². The third-order valence-corrected chi connectivity index (χ3v) is 9.26. The number of rotatable bonds is 12. The van der Waals surface area contributed by atoms with Gasteiger partial charge in [0.25, 0.3) is 15.9 Å². The van der Waals surface area contributed by atoms with E-state index in [9.17, 15) is 13.2 Å². The lowest BCUT2D eigenvalue weighted by Crippen LogP contribution is -2.39. The summed E-state index contributed by atoms with van der Waals surface area (Å²) in [4.78, 5) is 13.1. The number of sulfonamides is 1. The fourth-order valence-electron chi connectivity index (χ4n) is 4.06. The molecule has 1 amide bonds. The molecule has 0 heterocycles. The third kappa shape index (κ3) is 8.03. The molecule has 0 bridgehead atoms. The maximum Gasteiger partial charge on any atom is 0.264 e. The van der Waals surface area contributed by atoms with Gasteiger partial charge in [-0.3, -0.25) is 9.10 Å². The van der Waals surface area contributed by atoms with Crippen LogP contribution < -0.4 is 23.9 Å². The van der Waals surface area contributed by atoms with Gasteiger partial charge in [0.05, 0.1) is 35.5 Å². The van der Waals surface area contributed by atoms with Crippen LogP contribution >= 0.6 is 39.1 Å². The van der Waals surface area contributed by atoms with Gasteiger partial charge in [-0.25, -0.2) is 13.8 Å². The van der Waals surface area contributed by atoms with Gasteiger partial charge in [0, 0.05) is 15.6 Å². The van der Waals surface area contributed by atoms with Crippen molar-refractivity contribution in [2.75, 3.05) is 25.1 Å². The second-order valence-electron chi connectivity index (χ2n) is 9.35. The van der Waals surface area contributed by atoms with Crippen molar-refractivity contribution in [2.24, 2.45) is 5.10 Å². The molecule has 1 N–H and O–H groups in total. The van der Waals surface area contributed by atoms with Crippen LogP contribution in [0.1, 0.15) is 16.7 Å². The summed E-state index contributed by atoms with van der Waals surface area (Å²) >= 11 is 15.9. The first-order valence-corrected chi connectivity index (χ1v) is 16.0. The molecule has 4 rings (SSSR count). The third-order valence-electron chi connectivity index (χ3n) is 6.29. The summed E-state index contributed by atoms with van der Waals surface area (Å²) in [6.45, 7) is 1.46. The summed E-state index contributed by atoms with van der Waals surface area (Å²) in [6, 6.07) is 21.5. The standard InChI is InChI=1S/C31H28BrCl2N3O6S/c1-20-8-11-24(12-9-20)44(39,40)37(27-16-23(33)10-13-28(27)41-2)18-30(38)36-35-17-21-14-25(32)31(29(15-21)42-3)43-19-22-6-4-5-7-26(22)34/h4-17H,18-19H2,1-3H3,(H,36,38)/b35-17-. The fourth-order valence-corrected chi connectivity index (χ4v) is 6.41. The average Bonchev–Trinajstić information content (AvgIpc) is 3.00. The molecule has 0 saturated carbocycles. The highest BCUT2D eigenvalue weighted by atomic mass is 79.9. The molecule has 44 heavy (non-hydrogen) atoms. The van der Waals surface area contributed by atoms with E-state index in [2.05, 4.69) is 26.5 Å². The van der Waals surface area contributed by atoms with Gasteiger partial charge in [0.2, 0.25) is 0 Å². The summed E-state index contributed by atoms with van der Waals surface area (Å²) < 4.78 is 45.8. The van der Waals surface area contributed by atoms with Gasteiger partial charge in [0.1, 0.15) is 18.9 Å². The predicted octanol–water partition coefficient (Wildman–Crippen LogP) is 7.01.